The van der Waals surface area contributed by atoms with E-state index in [9.17, 15) is 8.42 Å². The molecule has 0 saturated heterocycles. The maximum absolute atomic E-state index is 11.6. The molecule has 1 aliphatic carbocycles. The predicted octanol–water partition coefficient (Wildman–Crippen LogP) is 0.992. The predicted molar refractivity (Wildman–Crippen MR) is 64.2 cm³/mol. The van der Waals surface area contributed by atoms with Gasteiger partial charge in [-0.2, -0.15) is 0 Å². The Kier molecular flexibility index (Phi) is 2.90. The molecule has 3 N–H and O–H groups in total. The van der Waals surface area contributed by atoms with Crippen molar-refractivity contribution in [2.45, 2.75) is 30.3 Å². The van der Waals surface area contributed by atoms with Crippen LogP contribution >= 0.6 is 0 Å². The normalized spacial score (nSPS) is 24.1. The van der Waals surface area contributed by atoms with Crippen LogP contribution in [0.3, 0.4) is 0 Å². The summed E-state index contributed by atoms with van der Waals surface area (Å²) < 4.78 is 23.1. The highest BCUT2D eigenvalue weighted by atomic mass is 32.2. The summed E-state index contributed by atoms with van der Waals surface area (Å²) in [6, 6.07) is 7.42. The maximum atomic E-state index is 11.6. The van der Waals surface area contributed by atoms with Crippen molar-refractivity contribution in [2.75, 3.05) is 11.1 Å². The smallest absolute Gasteiger partial charge is 0.178 e. The molecule has 88 valence electrons. The number of sulfone groups is 1. The number of nitrogens with two attached hydrogens (primary N) is 1. The number of hydrogen-bond acceptors (Lipinski definition) is 4. The van der Waals surface area contributed by atoms with Crippen molar-refractivity contribution < 1.29 is 8.42 Å². The lowest BCUT2D eigenvalue weighted by molar-refractivity contribution is 0.597. The minimum atomic E-state index is -3.09. The third-order valence-electron chi connectivity index (χ3n) is 2.79. The van der Waals surface area contributed by atoms with E-state index in [1.807, 2.05) is 0 Å². The molecule has 1 aromatic carbocycles. The summed E-state index contributed by atoms with van der Waals surface area (Å²) in [7, 11) is -3.09. The van der Waals surface area contributed by atoms with Crippen molar-refractivity contribution in [3.8, 4) is 0 Å². The molecule has 1 aromatic rings. The van der Waals surface area contributed by atoms with Gasteiger partial charge in [0.05, 0.1) is 10.6 Å². The second-order valence-electron chi connectivity index (χ2n) is 4.08. The van der Waals surface area contributed by atoms with Crippen LogP contribution < -0.4 is 11.1 Å². The highest BCUT2D eigenvalue weighted by molar-refractivity contribution is 7.91. The summed E-state index contributed by atoms with van der Waals surface area (Å²) in [4.78, 5) is 0.376. The van der Waals surface area contributed by atoms with Gasteiger partial charge in [-0.05, 0) is 30.7 Å². The van der Waals surface area contributed by atoms with E-state index in [0.717, 1.165) is 12.1 Å². The van der Waals surface area contributed by atoms with Gasteiger partial charge in [0, 0.05) is 17.8 Å². The molecular formula is C11H16N2O2S. The van der Waals surface area contributed by atoms with Gasteiger partial charge >= 0.3 is 0 Å². The zero-order chi connectivity index (χ0) is 11.8. The van der Waals surface area contributed by atoms with Crippen LogP contribution in [0.15, 0.2) is 29.2 Å². The molecular weight excluding hydrogens is 224 g/mol. The number of hydrogen-bond donors (Lipinski definition) is 2. The summed E-state index contributed by atoms with van der Waals surface area (Å²) in [5, 5.41) is 3.24. The molecule has 1 aliphatic rings. The van der Waals surface area contributed by atoms with Crippen LogP contribution in [0.2, 0.25) is 0 Å². The number of benzene rings is 1. The fourth-order valence-corrected chi connectivity index (χ4v) is 2.40. The first-order valence-corrected chi connectivity index (χ1v) is 7.03. The third-order valence-corrected chi connectivity index (χ3v) is 4.54. The van der Waals surface area contributed by atoms with Crippen molar-refractivity contribution in [1.82, 2.24) is 0 Å². The Hall–Kier alpha value is -1.07. The topological polar surface area (TPSA) is 72.2 Å². The zero-order valence-corrected chi connectivity index (χ0v) is 10.00. The highest BCUT2D eigenvalue weighted by Crippen LogP contribution is 2.24. The number of nitrogens with one attached hydrogen (secondary N) is 1. The first-order valence-electron chi connectivity index (χ1n) is 5.38. The van der Waals surface area contributed by atoms with Gasteiger partial charge < -0.3 is 11.1 Å². The average Bonchev–Trinajstić information content (AvgIpc) is 2.95. The Bertz CT molecular complexity index is 467. The van der Waals surface area contributed by atoms with Gasteiger partial charge in [0.15, 0.2) is 9.84 Å². The summed E-state index contributed by atoms with van der Waals surface area (Å²) in [5.74, 6) is 0.132. The highest BCUT2D eigenvalue weighted by Gasteiger charge is 2.33. The average molecular weight is 240 g/mol. The van der Waals surface area contributed by atoms with Crippen LogP contribution in [0.25, 0.3) is 0 Å². The van der Waals surface area contributed by atoms with Crippen LogP contribution in [-0.4, -0.2) is 26.3 Å². The van der Waals surface area contributed by atoms with Crippen molar-refractivity contribution in [3.63, 3.8) is 0 Å². The molecule has 0 aliphatic heterocycles. The number of rotatable bonds is 4. The standard InChI is InChI=1S/C11H16N2O2S/c1-2-16(14,15)9-5-3-8(4-6-9)13-11-7-10(11)12/h3-6,10-11,13H,2,7,12H2,1H3. The minimum Gasteiger partial charge on any atom is -0.381 e. The lowest BCUT2D eigenvalue weighted by Gasteiger charge is -2.06. The molecule has 0 amide bonds. The minimum absolute atomic E-state index is 0.132. The molecule has 0 aromatic heterocycles. The Morgan fingerprint density at radius 1 is 1.38 bits per heavy atom. The van der Waals surface area contributed by atoms with Crippen LogP contribution in [-0.2, 0) is 9.84 Å². The fraction of sp³-hybridized carbons (Fsp3) is 0.455. The van der Waals surface area contributed by atoms with Crippen molar-refractivity contribution in [1.29, 1.82) is 0 Å². The van der Waals surface area contributed by atoms with Crippen molar-refractivity contribution in [3.05, 3.63) is 24.3 Å². The van der Waals surface area contributed by atoms with Gasteiger partial charge in [-0.25, -0.2) is 8.42 Å². The summed E-state index contributed by atoms with van der Waals surface area (Å²) in [6.45, 7) is 1.64. The van der Waals surface area contributed by atoms with Crippen molar-refractivity contribution in [2.24, 2.45) is 5.73 Å². The number of anilines is 1. The van der Waals surface area contributed by atoms with Gasteiger partial charge in [0.2, 0.25) is 0 Å². The van der Waals surface area contributed by atoms with E-state index in [-0.39, 0.29) is 11.8 Å². The molecule has 1 saturated carbocycles. The Morgan fingerprint density at radius 2 is 1.94 bits per heavy atom. The molecule has 4 nitrogen and oxygen atoms in total. The molecule has 1 fully saturated rings. The quantitative estimate of drug-likeness (QED) is 0.823. The van der Waals surface area contributed by atoms with E-state index >= 15 is 0 Å². The van der Waals surface area contributed by atoms with Gasteiger partial charge in [0.25, 0.3) is 0 Å². The van der Waals surface area contributed by atoms with Gasteiger partial charge in [0.1, 0.15) is 0 Å². The SMILES string of the molecule is CCS(=O)(=O)c1ccc(NC2CC2N)cc1. The Morgan fingerprint density at radius 3 is 2.38 bits per heavy atom. The van der Waals surface area contributed by atoms with E-state index < -0.39 is 9.84 Å². The first kappa shape index (κ1) is 11.4. The maximum Gasteiger partial charge on any atom is 0.178 e. The lowest BCUT2D eigenvalue weighted by Crippen LogP contribution is -2.13. The molecule has 0 heterocycles. The third kappa shape index (κ3) is 2.36. The van der Waals surface area contributed by atoms with E-state index in [2.05, 4.69) is 5.32 Å². The van der Waals surface area contributed by atoms with Crippen LogP contribution in [0.5, 0.6) is 0 Å². The van der Waals surface area contributed by atoms with Gasteiger partial charge in [-0.15, -0.1) is 0 Å². The Labute approximate surface area is 95.8 Å². The molecule has 2 rings (SSSR count). The van der Waals surface area contributed by atoms with E-state index in [1.54, 1.807) is 31.2 Å². The van der Waals surface area contributed by atoms with Crippen molar-refractivity contribution >= 4 is 15.5 Å². The lowest BCUT2D eigenvalue weighted by atomic mass is 10.3. The fourth-order valence-electron chi connectivity index (χ4n) is 1.52. The first-order chi connectivity index (χ1) is 7.53. The second kappa shape index (κ2) is 4.07. The van der Waals surface area contributed by atoms with E-state index in [1.165, 1.54) is 0 Å². The van der Waals surface area contributed by atoms with E-state index in [4.69, 9.17) is 5.73 Å². The molecule has 2 atom stereocenters. The monoisotopic (exact) mass is 240 g/mol. The molecule has 5 heteroatoms. The zero-order valence-electron chi connectivity index (χ0n) is 9.18. The van der Waals surface area contributed by atoms with Crippen LogP contribution in [0, 0.1) is 0 Å². The van der Waals surface area contributed by atoms with Gasteiger partial charge in [-0.1, -0.05) is 6.92 Å². The Balaban J connectivity index is 2.10. The summed E-state index contributed by atoms with van der Waals surface area (Å²) >= 11 is 0. The van der Waals surface area contributed by atoms with Crippen LogP contribution in [0.1, 0.15) is 13.3 Å². The summed E-state index contributed by atoms with van der Waals surface area (Å²) in [6.07, 6.45) is 0.981. The van der Waals surface area contributed by atoms with Crippen LogP contribution in [0.4, 0.5) is 5.69 Å². The molecule has 0 radical (unpaired) electrons. The second-order valence-corrected chi connectivity index (χ2v) is 6.36. The molecule has 16 heavy (non-hydrogen) atoms. The van der Waals surface area contributed by atoms with Gasteiger partial charge in [-0.3, -0.25) is 0 Å². The molecule has 2 unspecified atom stereocenters. The van der Waals surface area contributed by atoms with E-state index in [0.29, 0.717) is 10.9 Å². The molecule has 0 spiro atoms. The largest absolute Gasteiger partial charge is 0.381 e. The molecule has 0 bridgehead atoms. The summed E-state index contributed by atoms with van der Waals surface area (Å²) in [5.41, 5.74) is 6.60.